The minimum absolute atomic E-state index is 0.188. The Morgan fingerprint density at radius 2 is 2.10 bits per heavy atom. The van der Waals surface area contributed by atoms with Crippen molar-refractivity contribution in [2.24, 2.45) is 5.92 Å². The lowest BCUT2D eigenvalue weighted by molar-refractivity contribution is 0.419. The van der Waals surface area contributed by atoms with Crippen LogP contribution in [0.2, 0.25) is 10.0 Å². The maximum absolute atomic E-state index is 6.43. The lowest BCUT2D eigenvalue weighted by Crippen LogP contribution is -2.29. The van der Waals surface area contributed by atoms with Crippen molar-refractivity contribution in [2.75, 3.05) is 5.32 Å². The van der Waals surface area contributed by atoms with Gasteiger partial charge in [0.05, 0.1) is 11.7 Å². The molecule has 1 aliphatic carbocycles. The van der Waals surface area contributed by atoms with Gasteiger partial charge in [0.1, 0.15) is 0 Å². The third kappa shape index (κ3) is 2.14. The maximum Gasteiger partial charge on any atom is 0.0725 e. The molecule has 1 aromatic carbocycles. The van der Waals surface area contributed by atoms with E-state index in [4.69, 9.17) is 23.2 Å². The lowest BCUT2D eigenvalue weighted by Gasteiger charge is -2.37. The van der Waals surface area contributed by atoms with Gasteiger partial charge in [-0.15, -0.1) is 0 Å². The summed E-state index contributed by atoms with van der Waals surface area (Å²) in [5.41, 5.74) is 3.25. The van der Waals surface area contributed by atoms with E-state index in [-0.39, 0.29) is 6.04 Å². The highest BCUT2D eigenvalue weighted by Gasteiger charge is 2.39. The Bertz CT molecular complexity index is 712. The van der Waals surface area contributed by atoms with Crippen molar-refractivity contribution in [3.8, 4) is 0 Å². The van der Waals surface area contributed by atoms with Crippen LogP contribution in [0, 0.1) is 5.92 Å². The fraction of sp³-hybridized carbons (Fsp3) is 0.235. The summed E-state index contributed by atoms with van der Waals surface area (Å²) in [6.45, 7) is 0. The zero-order chi connectivity index (χ0) is 14.4. The van der Waals surface area contributed by atoms with Crippen molar-refractivity contribution in [1.29, 1.82) is 0 Å². The highest BCUT2D eigenvalue weighted by atomic mass is 35.5. The molecule has 106 valence electrons. The monoisotopic (exact) mass is 316 g/mol. The van der Waals surface area contributed by atoms with Gasteiger partial charge >= 0.3 is 0 Å². The lowest BCUT2D eigenvalue weighted by atomic mass is 9.78. The van der Waals surface area contributed by atoms with Crippen LogP contribution in [0.15, 0.2) is 48.7 Å². The molecule has 3 atom stereocenters. The van der Waals surface area contributed by atoms with Crippen molar-refractivity contribution < 1.29 is 0 Å². The number of nitrogens with zero attached hydrogens (tertiary/aromatic N) is 1. The van der Waals surface area contributed by atoms with Gasteiger partial charge < -0.3 is 5.32 Å². The molecule has 0 radical (unpaired) electrons. The van der Waals surface area contributed by atoms with Crippen LogP contribution in [-0.2, 0) is 0 Å². The van der Waals surface area contributed by atoms with Crippen molar-refractivity contribution in [3.63, 3.8) is 0 Å². The normalized spacial score (nSPS) is 26.1. The molecule has 0 saturated carbocycles. The second-order valence-corrected chi connectivity index (χ2v) is 6.42. The van der Waals surface area contributed by atoms with Crippen LogP contribution in [0.5, 0.6) is 0 Å². The van der Waals surface area contributed by atoms with Crippen molar-refractivity contribution in [2.45, 2.75) is 18.4 Å². The number of fused-ring (bicyclic) bond motifs is 3. The molecule has 4 heteroatoms. The van der Waals surface area contributed by atoms with E-state index >= 15 is 0 Å². The van der Waals surface area contributed by atoms with E-state index in [9.17, 15) is 0 Å². The Hall–Kier alpha value is -1.51. The van der Waals surface area contributed by atoms with Gasteiger partial charge in [-0.3, -0.25) is 4.98 Å². The first-order valence-electron chi connectivity index (χ1n) is 7.07. The smallest absolute Gasteiger partial charge is 0.0725 e. The summed E-state index contributed by atoms with van der Waals surface area (Å²) < 4.78 is 0. The van der Waals surface area contributed by atoms with E-state index < -0.39 is 0 Å². The molecule has 0 amide bonds. The number of nitrogens with one attached hydrogen (secondary N) is 1. The van der Waals surface area contributed by atoms with E-state index in [1.54, 1.807) is 0 Å². The number of halogens is 2. The first-order chi connectivity index (χ1) is 10.2. The minimum Gasteiger partial charge on any atom is -0.376 e. The number of pyridine rings is 1. The van der Waals surface area contributed by atoms with Gasteiger partial charge in [-0.2, -0.15) is 0 Å². The van der Waals surface area contributed by atoms with Crippen molar-refractivity contribution in [3.05, 3.63) is 70.0 Å². The topological polar surface area (TPSA) is 24.9 Å². The molecule has 0 bridgehead atoms. The van der Waals surface area contributed by atoms with Gasteiger partial charge in [-0.1, -0.05) is 41.4 Å². The Morgan fingerprint density at radius 3 is 2.90 bits per heavy atom. The maximum atomic E-state index is 6.43. The van der Waals surface area contributed by atoms with Crippen LogP contribution in [0.25, 0.3) is 0 Å². The molecule has 4 rings (SSSR count). The molecule has 0 spiro atoms. The number of hydrogen-bond donors (Lipinski definition) is 1. The van der Waals surface area contributed by atoms with Crippen LogP contribution < -0.4 is 5.32 Å². The molecule has 0 fully saturated rings. The summed E-state index contributed by atoms with van der Waals surface area (Å²) >= 11 is 12.6. The number of allylic oxidation sites excluding steroid dienone is 2. The zero-order valence-electron chi connectivity index (χ0n) is 11.3. The predicted octanol–water partition coefficient (Wildman–Crippen LogP) is 5.21. The van der Waals surface area contributed by atoms with E-state index in [0.717, 1.165) is 28.4 Å². The van der Waals surface area contributed by atoms with Gasteiger partial charge in [-0.05, 0) is 36.6 Å². The SMILES string of the molecule is Clc1cc(Cl)c2c(c1)N[C@H](c1ccccn1)[C@@H]1CC=C[C@@H]21. The van der Waals surface area contributed by atoms with Crippen LogP contribution in [-0.4, -0.2) is 4.98 Å². The average molecular weight is 317 g/mol. The highest BCUT2D eigenvalue weighted by Crippen LogP contribution is 2.52. The number of hydrogen-bond acceptors (Lipinski definition) is 2. The Balaban J connectivity index is 1.84. The van der Waals surface area contributed by atoms with Crippen LogP contribution in [0.3, 0.4) is 0 Å². The molecule has 2 aliphatic rings. The van der Waals surface area contributed by atoms with E-state index in [0.29, 0.717) is 16.9 Å². The fourth-order valence-corrected chi connectivity index (χ4v) is 4.12. The van der Waals surface area contributed by atoms with Crippen molar-refractivity contribution in [1.82, 2.24) is 4.98 Å². The molecule has 1 aliphatic heterocycles. The van der Waals surface area contributed by atoms with E-state index in [1.807, 2.05) is 30.5 Å². The first-order valence-corrected chi connectivity index (χ1v) is 7.82. The Labute approximate surface area is 133 Å². The summed E-state index contributed by atoms with van der Waals surface area (Å²) in [4.78, 5) is 4.52. The summed E-state index contributed by atoms with van der Waals surface area (Å²) in [5, 5.41) is 5.00. The molecule has 0 unspecified atom stereocenters. The quantitative estimate of drug-likeness (QED) is 0.730. The molecule has 2 heterocycles. The first kappa shape index (κ1) is 13.2. The molecule has 21 heavy (non-hydrogen) atoms. The van der Waals surface area contributed by atoms with Crippen LogP contribution in [0.4, 0.5) is 5.69 Å². The molecule has 2 aromatic rings. The summed E-state index contributed by atoms with van der Waals surface area (Å²) in [6, 6.07) is 10.0. The molecular formula is C17H14Cl2N2. The largest absolute Gasteiger partial charge is 0.376 e. The van der Waals surface area contributed by atoms with Crippen LogP contribution in [0.1, 0.15) is 29.6 Å². The third-order valence-electron chi connectivity index (χ3n) is 4.39. The Morgan fingerprint density at radius 1 is 1.19 bits per heavy atom. The molecule has 0 saturated heterocycles. The molecule has 1 aromatic heterocycles. The average Bonchev–Trinajstić information content (AvgIpc) is 2.95. The summed E-state index contributed by atoms with van der Waals surface area (Å²) in [5.74, 6) is 0.782. The standard InChI is InChI=1S/C17H14Cl2N2/c18-10-8-13(19)16-11-4-3-5-12(11)17(21-15(16)9-10)14-6-1-2-7-20-14/h1-4,6-9,11-12,17,21H,5H2/t11-,12-,17+/m1/s1. The number of benzene rings is 1. The predicted molar refractivity (Wildman–Crippen MR) is 87.1 cm³/mol. The zero-order valence-corrected chi connectivity index (χ0v) is 12.8. The number of anilines is 1. The van der Waals surface area contributed by atoms with Gasteiger partial charge in [0.2, 0.25) is 0 Å². The van der Waals surface area contributed by atoms with E-state index in [2.05, 4.69) is 28.5 Å². The molecular weight excluding hydrogens is 303 g/mol. The second kappa shape index (κ2) is 5.04. The number of aromatic nitrogens is 1. The fourth-order valence-electron chi connectivity index (χ4n) is 3.50. The minimum atomic E-state index is 0.188. The summed E-state index contributed by atoms with van der Waals surface area (Å²) in [6.07, 6.45) is 7.39. The van der Waals surface area contributed by atoms with Crippen LogP contribution >= 0.6 is 23.2 Å². The molecule has 2 nitrogen and oxygen atoms in total. The Kier molecular flexibility index (Phi) is 3.16. The van der Waals surface area contributed by atoms with Gasteiger partial charge in [0.25, 0.3) is 0 Å². The van der Waals surface area contributed by atoms with Gasteiger partial charge in [0.15, 0.2) is 0 Å². The van der Waals surface area contributed by atoms with E-state index in [1.165, 1.54) is 0 Å². The highest BCUT2D eigenvalue weighted by molar-refractivity contribution is 6.35. The summed E-state index contributed by atoms with van der Waals surface area (Å²) in [7, 11) is 0. The second-order valence-electron chi connectivity index (χ2n) is 5.58. The number of rotatable bonds is 1. The van der Waals surface area contributed by atoms with Gasteiger partial charge in [-0.25, -0.2) is 0 Å². The molecule has 1 N–H and O–H groups in total. The van der Waals surface area contributed by atoms with Gasteiger partial charge in [0, 0.05) is 33.4 Å². The van der Waals surface area contributed by atoms with Crippen molar-refractivity contribution >= 4 is 28.9 Å². The third-order valence-corrected chi connectivity index (χ3v) is 4.92.